The summed E-state index contributed by atoms with van der Waals surface area (Å²) in [6, 6.07) is 7.39. The predicted molar refractivity (Wildman–Crippen MR) is 51.3 cm³/mol. The number of rotatable bonds is 3. The fourth-order valence-corrected chi connectivity index (χ4v) is 1.18. The maximum atomic E-state index is 11.3. The Balaban J connectivity index is 2.91. The van der Waals surface area contributed by atoms with Crippen molar-refractivity contribution in [2.75, 3.05) is 0 Å². The SMILES string of the molecule is CC(C)Oc1ccccc1C(C)[O]. The molecular formula is C11H15O2. The van der Waals surface area contributed by atoms with Gasteiger partial charge in [0.25, 0.3) is 0 Å². The molecule has 0 fully saturated rings. The summed E-state index contributed by atoms with van der Waals surface area (Å²) in [5.41, 5.74) is 0.733. The third-order valence-corrected chi connectivity index (χ3v) is 1.72. The van der Waals surface area contributed by atoms with E-state index < -0.39 is 6.10 Å². The molecule has 71 valence electrons. The van der Waals surface area contributed by atoms with Gasteiger partial charge in [-0.15, -0.1) is 0 Å². The molecule has 13 heavy (non-hydrogen) atoms. The van der Waals surface area contributed by atoms with E-state index in [1.165, 1.54) is 0 Å². The second-order valence-electron chi connectivity index (χ2n) is 3.35. The zero-order valence-corrected chi connectivity index (χ0v) is 8.28. The van der Waals surface area contributed by atoms with Crippen molar-refractivity contribution in [3.63, 3.8) is 0 Å². The van der Waals surface area contributed by atoms with Crippen molar-refractivity contribution in [2.24, 2.45) is 0 Å². The predicted octanol–water partition coefficient (Wildman–Crippen LogP) is 2.97. The van der Waals surface area contributed by atoms with Crippen LogP contribution in [0.4, 0.5) is 0 Å². The van der Waals surface area contributed by atoms with Crippen LogP contribution in [-0.2, 0) is 5.11 Å². The zero-order chi connectivity index (χ0) is 9.84. The summed E-state index contributed by atoms with van der Waals surface area (Å²) in [4.78, 5) is 0. The van der Waals surface area contributed by atoms with Crippen molar-refractivity contribution in [3.05, 3.63) is 29.8 Å². The minimum absolute atomic E-state index is 0.111. The number of para-hydroxylation sites is 1. The topological polar surface area (TPSA) is 29.1 Å². The molecule has 0 spiro atoms. The van der Waals surface area contributed by atoms with Crippen LogP contribution in [-0.4, -0.2) is 6.10 Å². The molecule has 2 heteroatoms. The van der Waals surface area contributed by atoms with Crippen LogP contribution in [0.3, 0.4) is 0 Å². The van der Waals surface area contributed by atoms with Gasteiger partial charge in [-0.05, 0) is 26.8 Å². The summed E-state index contributed by atoms with van der Waals surface area (Å²) in [7, 11) is 0. The number of benzene rings is 1. The lowest BCUT2D eigenvalue weighted by Crippen LogP contribution is -2.08. The number of hydrogen-bond acceptors (Lipinski definition) is 1. The highest BCUT2D eigenvalue weighted by Crippen LogP contribution is 2.25. The van der Waals surface area contributed by atoms with Crippen LogP contribution in [0, 0.1) is 0 Å². The first-order valence-corrected chi connectivity index (χ1v) is 4.52. The second kappa shape index (κ2) is 4.28. The molecule has 0 bridgehead atoms. The molecule has 0 aliphatic heterocycles. The maximum absolute atomic E-state index is 11.3. The van der Waals surface area contributed by atoms with Crippen LogP contribution in [0.5, 0.6) is 5.75 Å². The van der Waals surface area contributed by atoms with Crippen LogP contribution in [0.15, 0.2) is 24.3 Å². The molecule has 1 rings (SSSR count). The van der Waals surface area contributed by atoms with Crippen LogP contribution in [0.1, 0.15) is 32.4 Å². The smallest absolute Gasteiger partial charge is 0.125 e. The normalized spacial score (nSPS) is 13.0. The minimum Gasteiger partial charge on any atom is -0.491 e. The second-order valence-corrected chi connectivity index (χ2v) is 3.35. The summed E-state index contributed by atoms with van der Waals surface area (Å²) in [6.45, 7) is 5.53. The van der Waals surface area contributed by atoms with E-state index in [-0.39, 0.29) is 6.10 Å². The van der Waals surface area contributed by atoms with Crippen molar-refractivity contribution in [3.8, 4) is 5.75 Å². The summed E-state index contributed by atoms with van der Waals surface area (Å²) in [5, 5.41) is 11.3. The highest BCUT2D eigenvalue weighted by molar-refractivity contribution is 5.34. The lowest BCUT2D eigenvalue weighted by atomic mass is 10.1. The molecule has 1 radical (unpaired) electrons. The number of ether oxygens (including phenoxy) is 1. The van der Waals surface area contributed by atoms with Crippen molar-refractivity contribution >= 4 is 0 Å². The molecule has 0 amide bonds. The fraction of sp³-hybridized carbons (Fsp3) is 0.455. The average Bonchev–Trinajstić information content (AvgIpc) is 2.03. The molecule has 1 unspecified atom stereocenters. The summed E-state index contributed by atoms with van der Waals surface area (Å²) < 4.78 is 5.51. The van der Waals surface area contributed by atoms with E-state index in [1.807, 2.05) is 38.1 Å². The number of hydrogen-bond donors (Lipinski definition) is 0. The summed E-state index contributed by atoms with van der Waals surface area (Å²) >= 11 is 0. The van der Waals surface area contributed by atoms with Crippen molar-refractivity contribution in [1.29, 1.82) is 0 Å². The third kappa shape index (κ3) is 2.74. The lowest BCUT2D eigenvalue weighted by Gasteiger charge is -2.14. The van der Waals surface area contributed by atoms with E-state index in [4.69, 9.17) is 4.74 Å². The Morgan fingerprint density at radius 3 is 2.31 bits per heavy atom. The molecule has 0 N–H and O–H groups in total. The summed E-state index contributed by atoms with van der Waals surface area (Å²) in [5.74, 6) is 0.708. The molecule has 1 aromatic rings. The Morgan fingerprint density at radius 2 is 1.77 bits per heavy atom. The fourth-order valence-electron chi connectivity index (χ4n) is 1.18. The van der Waals surface area contributed by atoms with Gasteiger partial charge in [-0.2, -0.15) is 0 Å². The molecule has 0 saturated carbocycles. The maximum Gasteiger partial charge on any atom is 0.125 e. The quantitative estimate of drug-likeness (QED) is 0.701. The van der Waals surface area contributed by atoms with Crippen LogP contribution >= 0.6 is 0 Å². The standard InChI is InChI=1S/C11H15O2/c1-8(2)13-11-7-5-4-6-10(11)9(3)12/h4-9H,1-3H3. The largest absolute Gasteiger partial charge is 0.491 e. The highest BCUT2D eigenvalue weighted by atomic mass is 16.5. The van der Waals surface area contributed by atoms with Gasteiger partial charge in [-0.1, -0.05) is 18.2 Å². The first kappa shape index (κ1) is 10.1. The van der Waals surface area contributed by atoms with Crippen molar-refractivity contribution in [1.82, 2.24) is 0 Å². The van der Waals surface area contributed by atoms with E-state index in [0.29, 0.717) is 5.75 Å². The minimum atomic E-state index is -0.727. The molecule has 0 aromatic heterocycles. The molecule has 1 atom stereocenters. The van der Waals surface area contributed by atoms with E-state index in [1.54, 1.807) is 6.92 Å². The molecular weight excluding hydrogens is 164 g/mol. The van der Waals surface area contributed by atoms with Gasteiger partial charge in [0.15, 0.2) is 0 Å². The van der Waals surface area contributed by atoms with Gasteiger partial charge in [0, 0.05) is 5.56 Å². The van der Waals surface area contributed by atoms with Crippen molar-refractivity contribution in [2.45, 2.75) is 33.0 Å². The zero-order valence-electron chi connectivity index (χ0n) is 8.28. The van der Waals surface area contributed by atoms with Gasteiger partial charge in [0.1, 0.15) is 11.9 Å². The first-order valence-electron chi connectivity index (χ1n) is 4.52. The van der Waals surface area contributed by atoms with Gasteiger partial charge in [-0.3, -0.25) is 0 Å². The van der Waals surface area contributed by atoms with Gasteiger partial charge in [0.2, 0.25) is 0 Å². The Labute approximate surface area is 79.2 Å². The van der Waals surface area contributed by atoms with Gasteiger partial charge < -0.3 is 4.74 Å². The van der Waals surface area contributed by atoms with Crippen molar-refractivity contribution < 1.29 is 9.84 Å². The monoisotopic (exact) mass is 179 g/mol. The van der Waals surface area contributed by atoms with Crippen LogP contribution < -0.4 is 4.74 Å². The first-order chi connectivity index (χ1) is 6.11. The van der Waals surface area contributed by atoms with Gasteiger partial charge >= 0.3 is 0 Å². The highest BCUT2D eigenvalue weighted by Gasteiger charge is 2.09. The molecule has 0 aliphatic carbocycles. The Hall–Kier alpha value is -1.02. The molecule has 1 aromatic carbocycles. The summed E-state index contributed by atoms with van der Waals surface area (Å²) in [6.07, 6.45) is -0.616. The van der Waals surface area contributed by atoms with Crippen LogP contribution in [0.25, 0.3) is 0 Å². The molecule has 2 nitrogen and oxygen atoms in total. The van der Waals surface area contributed by atoms with Gasteiger partial charge in [0.05, 0.1) is 6.10 Å². The molecule has 0 heterocycles. The van der Waals surface area contributed by atoms with E-state index >= 15 is 0 Å². The van der Waals surface area contributed by atoms with Gasteiger partial charge in [-0.25, -0.2) is 5.11 Å². The third-order valence-electron chi connectivity index (χ3n) is 1.72. The Kier molecular flexibility index (Phi) is 3.32. The Morgan fingerprint density at radius 1 is 1.15 bits per heavy atom. The molecule has 0 saturated heterocycles. The lowest BCUT2D eigenvalue weighted by molar-refractivity contribution is 0.101. The Bertz CT molecular complexity index is 267. The molecule has 0 aliphatic rings. The van der Waals surface area contributed by atoms with E-state index in [0.717, 1.165) is 5.56 Å². The van der Waals surface area contributed by atoms with E-state index in [2.05, 4.69) is 0 Å². The average molecular weight is 179 g/mol. The van der Waals surface area contributed by atoms with E-state index in [9.17, 15) is 5.11 Å². The van der Waals surface area contributed by atoms with Crippen LogP contribution in [0.2, 0.25) is 0 Å².